The largest absolute Gasteiger partial charge is 0.489 e. The Hall–Kier alpha value is -4.95. The molecule has 4 aromatic rings. The number of hydrogen-bond donors (Lipinski definition) is 1. The van der Waals surface area contributed by atoms with E-state index in [2.05, 4.69) is 10.2 Å². The van der Waals surface area contributed by atoms with Crippen LogP contribution in [0.1, 0.15) is 61.9 Å². The number of ether oxygens (including phenoxy) is 3. The number of carbonyl (C=O) groups excluding carboxylic acids is 3. The van der Waals surface area contributed by atoms with Crippen LogP contribution in [0, 0.1) is 5.92 Å². The van der Waals surface area contributed by atoms with E-state index in [0.717, 1.165) is 61.0 Å². The number of nitrogens with zero attached hydrogens (tertiary/aromatic N) is 1. The van der Waals surface area contributed by atoms with Crippen LogP contribution in [0.2, 0.25) is 0 Å². The molecule has 0 aliphatic carbocycles. The highest BCUT2D eigenvalue weighted by atomic mass is 16.6. The quantitative estimate of drug-likeness (QED) is 0.158. The Morgan fingerprint density at radius 1 is 0.822 bits per heavy atom. The maximum atomic E-state index is 13.1. The molecule has 0 unspecified atom stereocenters. The van der Waals surface area contributed by atoms with Crippen LogP contribution in [0.4, 0.5) is 4.79 Å². The first-order valence-corrected chi connectivity index (χ1v) is 15.3. The van der Waals surface area contributed by atoms with E-state index >= 15 is 0 Å². The summed E-state index contributed by atoms with van der Waals surface area (Å²) in [5.74, 6) is 0.659. The lowest BCUT2D eigenvalue weighted by Crippen LogP contribution is -2.52. The van der Waals surface area contributed by atoms with Crippen molar-refractivity contribution in [2.45, 2.75) is 38.2 Å². The Bertz CT molecular complexity index is 1600. The average Bonchev–Trinajstić information content (AvgIpc) is 3.10. The van der Waals surface area contributed by atoms with Crippen LogP contribution >= 0.6 is 0 Å². The van der Waals surface area contributed by atoms with Gasteiger partial charge in [0, 0.05) is 12.1 Å². The number of aldehydes is 1. The molecule has 1 N–H and O–H groups in total. The predicted octanol–water partition coefficient (Wildman–Crippen LogP) is 6.34. The summed E-state index contributed by atoms with van der Waals surface area (Å²) < 4.78 is 17.5. The van der Waals surface area contributed by atoms with Crippen molar-refractivity contribution in [2.75, 3.05) is 19.6 Å². The van der Waals surface area contributed by atoms with E-state index in [4.69, 9.17) is 14.2 Å². The highest BCUT2D eigenvalue weighted by molar-refractivity contribution is 5.89. The summed E-state index contributed by atoms with van der Waals surface area (Å²) in [4.78, 5) is 38.8. The summed E-state index contributed by atoms with van der Waals surface area (Å²) >= 11 is 0. The number of nitrogens with one attached hydrogen (secondary N) is 1. The fourth-order valence-corrected chi connectivity index (χ4v) is 5.95. The standard InChI is InChI=1S/C37H36N2O6/c40-23-26-9-11-27(12-10-26)25-44-36(41)31-15-13-28(14-16-31)24-43-33-8-4-7-32(21-33)35(30-5-2-1-3-6-30)38-37(42)45-34-22-39-19-17-29(34)18-20-39/h1-16,21,23,29,34-35H,17-20,22,24-25H2,(H,38,42)/t34-,35-/m0/s1. The maximum absolute atomic E-state index is 13.1. The molecule has 3 fully saturated rings. The van der Waals surface area contributed by atoms with Gasteiger partial charge in [-0.05, 0) is 78.4 Å². The van der Waals surface area contributed by atoms with Crippen molar-refractivity contribution in [3.63, 3.8) is 0 Å². The normalized spacial score (nSPS) is 19.2. The molecule has 3 saturated heterocycles. The van der Waals surface area contributed by atoms with Gasteiger partial charge < -0.3 is 19.5 Å². The number of amides is 1. The molecule has 0 spiro atoms. The topological polar surface area (TPSA) is 94.2 Å². The number of carbonyl (C=O) groups is 3. The molecule has 8 heteroatoms. The van der Waals surface area contributed by atoms with Crippen LogP contribution in [-0.4, -0.2) is 49.0 Å². The highest BCUT2D eigenvalue weighted by Crippen LogP contribution is 2.31. The lowest BCUT2D eigenvalue weighted by Gasteiger charge is -2.43. The molecule has 45 heavy (non-hydrogen) atoms. The summed E-state index contributed by atoms with van der Waals surface area (Å²) in [6.45, 7) is 3.39. The van der Waals surface area contributed by atoms with E-state index in [1.54, 1.807) is 36.4 Å². The van der Waals surface area contributed by atoms with E-state index in [0.29, 0.717) is 29.4 Å². The number of rotatable bonds is 11. The van der Waals surface area contributed by atoms with Crippen molar-refractivity contribution >= 4 is 18.3 Å². The zero-order valence-electron chi connectivity index (χ0n) is 25.0. The van der Waals surface area contributed by atoms with Crippen LogP contribution in [0.25, 0.3) is 0 Å². The van der Waals surface area contributed by atoms with Crippen molar-refractivity contribution in [1.29, 1.82) is 0 Å². The summed E-state index contributed by atoms with van der Waals surface area (Å²) in [6.07, 6.45) is 2.43. The average molecular weight is 605 g/mol. The van der Waals surface area contributed by atoms with Gasteiger partial charge >= 0.3 is 12.1 Å². The van der Waals surface area contributed by atoms with E-state index in [1.807, 2.05) is 66.7 Å². The minimum absolute atomic E-state index is 0.0755. The Morgan fingerprint density at radius 2 is 1.51 bits per heavy atom. The van der Waals surface area contributed by atoms with Gasteiger partial charge in [-0.25, -0.2) is 9.59 Å². The molecular weight excluding hydrogens is 568 g/mol. The van der Waals surface area contributed by atoms with E-state index in [-0.39, 0.29) is 12.7 Å². The van der Waals surface area contributed by atoms with E-state index in [9.17, 15) is 14.4 Å². The molecule has 0 saturated carbocycles. The smallest absolute Gasteiger partial charge is 0.408 e. The molecule has 230 valence electrons. The number of hydrogen-bond acceptors (Lipinski definition) is 7. The minimum atomic E-state index is -0.430. The van der Waals surface area contributed by atoms with Crippen molar-refractivity contribution in [2.24, 2.45) is 5.92 Å². The first kappa shape index (κ1) is 30.1. The molecule has 1 amide bonds. The third-order valence-corrected chi connectivity index (χ3v) is 8.52. The number of alkyl carbamates (subject to hydrolysis) is 1. The number of benzene rings is 4. The molecule has 3 heterocycles. The Morgan fingerprint density at radius 3 is 2.20 bits per heavy atom. The van der Waals surface area contributed by atoms with Gasteiger partial charge in [-0.15, -0.1) is 0 Å². The Kier molecular flexibility index (Phi) is 9.51. The van der Waals surface area contributed by atoms with Gasteiger partial charge in [0.1, 0.15) is 31.4 Å². The third kappa shape index (κ3) is 7.77. The molecule has 0 aromatic heterocycles. The molecule has 7 rings (SSSR count). The monoisotopic (exact) mass is 604 g/mol. The highest BCUT2D eigenvalue weighted by Gasteiger charge is 2.36. The lowest BCUT2D eigenvalue weighted by atomic mass is 9.86. The zero-order valence-corrected chi connectivity index (χ0v) is 25.0. The van der Waals surface area contributed by atoms with Gasteiger partial charge in [0.2, 0.25) is 0 Å². The lowest BCUT2D eigenvalue weighted by molar-refractivity contribution is -0.0336. The summed E-state index contributed by atoms with van der Waals surface area (Å²) in [5.41, 5.74) is 4.52. The van der Waals surface area contributed by atoms with Crippen molar-refractivity contribution in [3.05, 3.63) is 137 Å². The van der Waals surface area contributed by atoms with Crippen molar-refractivity contribution in [3.8, 4) is 5.75 Å². The Balaban J connectivity index is 1.06. The molecule has 4 aromatic carbocycles. The van der Waals surface area contributed by atoms with Crippen LogP contribution in [0.15, 0.2) is 103 Å². The molecule has 2 bridgehead atoms. The predicted molar refractivity (Wildman–Crippen MR) is 169 cm³/mol. The molecule has 0 radical (unpaired) electrons. The second kappa shape index (κ2) is 14.2. The summed E-state index contributed by atoms with van der Waals surface area (Å²) in [6, 6.07) is 31.1. The van der Waals surface area contributed by atoms with Gasteiger partial charge in [-0.3, -0.25) is 9.69 Å². The molecular formula is C37H36N2O6. The van der Waals surface area contributed by atoms with Crippen LogP contribution < -0.4 is 10.1 Å². The fraction of sp³-hybridized carbons (Fsp3) is 0.270. The summed E-state index contributed by atoms with van der Waals surface area (Å²) in [7, 11) is 0. The third-order valence-electron chi connectivity index (χ3n) is 8.52. The van der Waals surface area contributed by atoms with E-state index < -0.39 is 18.1 Å². The van der Waals surface area contributed by atoms with Gasteiger partial charge in [0.05, 0.1) is 11.6 Å². The zero-order chi connectivity index (χ0) is 31.0. The number of piperidine rings is 3. The second-order valence-electron chi connectivity index (χ2n) is 11.6. The van der Waals surface area contributed by atoms with Gasteiger partial charge in [-0.2, -0.15) is 0 Å². The second-order valence-corrected chi connectivity index (χ2v) is 11.6. The van der Waals surface area contributed by atoms with Crippen LogP contribution in [0.3, 0.4) is 0 Å². The summed E-state index contributed by atoms with van der Waals surface area (Å²) in [5, 5.41) is 3.11. The molecule has 8 nitrogen and oxygen atoms in total. The minimum Gasteiger partial charge on any atom is -0.489 e. The van der Waals surface area contributed by atoms with Crippen molar-refractivity contribution in [1.82, 2.24) is 10.2 Å². The number of esters is 1. The first-order valence-electron chi connectivity index (χ1n) is 15.3. The molecule has 3 aliphatic heterocycles. The maximum Gasteiger partial charge on any atom is 0.408 e. The van der Waals surface area contributed by atoms with Crippen molar-refractivity contribution < 1.29 is 28.6 Å². The van der Waals surface area contributed by atoms with Crippen LogP contribution in [0.5, 0.6) is 5.75 Å². The first-order chi connectivity index (χ1) is 22.0. The fourth-order valence-electron chi connectivity index (χ4n) is 5.95. The number of fused-ring (bicyclic) bond motifs is 3. The SMILES string of the molecule is O=Cc1ccc(COC(=O)c2ccc(COc3cccc([C@@H](NC(=O)O[C@H]4CN5CCC4CC5)c4ccccc4)c3)cc2)cc1. The van der Waals surface area contributed by atoms with Gasteiger partial charge in [0.25, 0.3) is 0 Å². The molecule has 2 atom stereocenters. The Labute approximate surface area is 262 Å². The molecule has 3 aliphatic rings. The van der Waals surface area contributed by atoms with Gasteiger partial charge in [0.15, 0.2) is 0 Å². The van der Waals surface area contributed by atoms with Crippen LogP contribution in [-0.2, 0) is 22.7 Å². The van der Waals surface area contributed by atoms with Gasteiger partial charge in [-0.1, -0.05) is 78.9 Å². The van der Waals surface area contributed by atoms with E-state index in [1.165, 1.54) is 0 Å².